The summed E-state index contributed by atoms with van der Waals surface area (Å²) < 4.78 is 0. The van der Waals surface area contributed by atoms with E-state index in [9.17, 15) is 14.4 Å². The van der Waals surface area contributed by atoms with E-state index < -0.39 is 11.4 Å². The van der Waals surface area contributed by atoms with Gasteiger partial charge in [-0.25, -0.2) is 4.79 Å². The minimum Gasteiger partial charge on any atom is -0.273 e. The lowest BCUT2D eigenvalue weighted by molar-refractivity contribution is -0.156. The van der Waals surface area contributed by atoms with Crippen LogP contribution in [-0.4, -0.2) is 40.7 Å². The van der Waals surface area contributed by atoms with Crippen molar-refractivity contribution >= 4 is 17.8 Å². The fourth-order valence-corrected chi connectivity index (χ4v) is 4.51. The molecule has 4 amide bonds. The van der Waals surface area contributed by atoms with Crippen LogP contribution in [0.1, 0.15) is 97.8 Å². The zero-order valence-corrected chi connectivity index (χ0v) is 18.1. The average Bonchev–Trinajstić information content (AvgIpc) is 2.98. The van der Waals surface area contributed by atoms with Crippen molar-refractivity contribution < 1.29 is 14.4 Å². The topological polar surface area (TPSA) is 57.7 Å². The Labute approximate surface area is 170 Å². The van der Waals surface area contributed by atoms with Crippen LogP contribution in [0.4, 0.5) is 4.79 Å². The van der Waals surface area contributed by atoms with E-state index in [1.54, 1.807) is 0 Å². The molecule has 0 radical (unpaired) electrons. The minimum atomic E-state index is -1.17. The molecule has 0 spiro atoms. The van der Waals surface area contributed by atoms with Crippen LogP contribution in [0, 0.1) is 5.41 Å². The maximum atomic E-state index is 13.6. The predicted octanol–water partition coefficient (Wildman–Crippen LogP) is 5.44. The number of hydrogen-bond donors (Lipinski definition) is 0. The Morgan fingerprint density at radius 2 is 1.39 bits per heavy atom. The standard InChI is InChI=1S/C23H38N2O3/c1-4-7-13-17-24-20(26)23(6-3,19-15-11-9-10-12-16-19)21(27)25(22(24)28)18-14-8-5-2/h15H,4-14,16-18H2,1-3H3. The first-order valence-electron chi connectivity index (χ1n) is 11.4. The Bertz CT molecular complexity index is 565. The van der Waals surface area contributed by atoms with Crippen LogP contribution < -0.4 is 0 Å². The quantitative estimate of drug-likeness (QED) is 0.283. The third-order valence-corrected chi connectivity index (χ3v) is 6.27. The Kier molecular flexibility index (Phi) is 8.71. The Balaban J connectivity index is 2.41. The van der Waals surface area contributed by atoms with Crippen molar-refractivity contribution in [3.63, 3.8) is 0 Å². The fraction of sp³-hybridized carbons (Fsp3) is 0.783. The molecule has 1 fully saturated rings. The molecule has 1 heterocycles. The third-order valence-electron chi connectivity index (χ3n) is 6.27. The van der Waals surface area contributed by atoms with E-state index in [1.165, 1.54) is 9.80 Å². The molecule has 0 bridgehead atoms. The molecule has 2 rings (SSSR count). The molecule has 1 aliphatic heterocycles. The minimum absolute atomic E-state index is 0.277. The number of unbranched alkanes of at least 4 members (excludes halogenated alkanes) is 4. The van der Waals surface area contributed by atoms with Gasteiger partial charge in [0.25, 0.3) is 0 Å². The smallest absolute Gasteiger partial charge is 0.273 e. The van der Waals surface area contributed by atoms with Crippen LogP contribution >= 0.6 is 0 Å². The number of carbonyl (C=O) groups excluding carboxylic acids is 3. The van der Waals surface area contributed by atoms with Gasteiger partial charge in [0, 0.05) is 13.1 Å². The van der Waals surface area contributed by atoms with E-state index in [0.717, 1.165) is 76.2 Å². The number of imide groups is 2. The lowest BCUT2D eigenvalue weighted by Crippen LogP contribution is -2.65. The summed E-state index contributed by atoms with van der Waals surface area (Å²) in [6.45, 7) is 6.96. The van der Waals surface area contributed by atoms with Gasteiger partial charge in [-0.2, -0.15) is 0 Å². The second-order valence-corrected chi connectivity index (χ2v) is 8.20. The summed E-state index contributed by atoms with van der Waals surface area (Å²) in [6, 6.07) is -0.402. The molecule has 0 atom stereocenters. The largest absolute Gasteiger partial charge is 0.333 e. The number of rotatable bonds is 10. The lowest BCUT2D eigenvalue weighted by atomic mass is 9.72. The Hall–Kier alpha value is -1.65. The summed E-state index contributed by atoms with van der Waals surface area (Å²) in [5, 5.41) is 0. The normalized spacial score (nSPS) is 20.4. The second-order valence-electron chi connectivity index (χ2n) is 8.20. The van der Waals surface area contributed by atoms with Crippen LogP contribution in [0.2, 0.25) is 0 Å². The van der Waals surface area contributed by atoms with E-state index in [0.29, 0.717) is 19.5 Å². The van der Waals surface area contributed by atoms with Crippen LogP contribution in [0.3, 0.4) is 0 Å². The zero-order chi connectivity index (χ0) is 20.6. The van der Waals surface area contributed by atoms with E-state index in [-0.39, 0.29) is 11.8 Å². The molecule has 28 heavy (non-hydrogen) atoms. The predicted molar refractivity (Wildman–Crippen MR) is 112 cm³/mol. The SMILES string of the molecule is CCCCCN1C(=O)N(CCCCC)C(=O)C(CC)(C2=CCCCCC2)C1=O. The molecule has 0 N–H and O–H groups in total. The van der Waals surface area contributed by atoms with Gasteiger partial charge in [0.1, 0.15) is 5.41 Å². The molecule has 158 valence electrons. The van der Waals surface area contributed by atoms with Gasteiger partial charge in [0.15, 0.2) is 0 Å². The first-order valence-corrected chi connectivity index (χ1v) is 11.4. The highest BCUT2D eigenvalue weighted by molar-refractivity contribution is 6.21. The molecule has 5 nitrogen and oxygen atoms in total. The molecule has 5 heteroatoms. The molecule has 1 saturated heterocycles. The molecule has 0 aromatic rings. The van der Waals surface area contributed by atoms with Crippen molar-refractivity contribution in [3.05, 3.63) is 11.6 Å². The highest BCUT2D eigenvalue weighted by atomic mass is 16.2. The van der Waals surface area contributed by atoms with Gasteiger partial charge in [-0.15, -0.1) is 0 Å². The van der Waals surface area contributed by atoms with Gasteiger partial charge < -0.3 is 0 Å². The van der Waals surface area contributed by atoms with Crippen LogP contribution in [0.25, 0.3) is 0 Å². The molecule has 0 saturated carbocycles. The first kappa shape index (κ1) is 22.6. The molecule has 1 aliphatic carbocycles. The van der Waals surface area contributed by atoms with Crippen molar-refractivity contribution in [2.24, 2.45) is 5.41 Å². The highest BCUT2D eigenvalue weighted by Gasteiger charge is 2.57. The summed E-state index contributed by atoms with van der Waals surface area (Å²) in [5.41, 5.74) is -0.215. The number of urea groups is 1. The van der Waals surface area contributed by atoms with Crippen molar-refractivity contribution in [2.75, 3.05) is 13.1 Å². The maximum Gasteiger partial charge on any atom is 0.333 e. The number of barbiturate groups is 1. The summed E-state index contributed by atoms with van der Waals surface area (Å²) in [4.78, 5) is 43.0. The van der Waals surface area contributed by atoms with Gasteiger partial charge in [0.05, 0.1) is 0 Å². The van der Waals surface area contributed by atoms with E-state index >= 15 is 0 Å². The average molecular weight is 391 g/mol. The van der Waals surface area contributed by atoms with Crippen LogP contribution in [0.15, 0.2) is 11.6 Å². The fourth-order valence-electron chi connectivity index (χ4n) is 4.51. The van der Waals surface area contributed by atoms with E-state index in [4.69, 9.17) is 0 Å². The van der Waals surface area contributed by atoms with Crippen molar-refractivity contribution in [1.82, 2.24) is 9.80 Å². The highest BCUT2D eigenvalue weighted by Crippen LogP contribution is 2.43. The molecule has 2 aliphatic rings. The number of nitrogens with zero attached hydrogens (tertiary/aromatic N) is 2. The van der Waals surface area contributed by atoms with Crippen LogP contribution in [0.5, 0.6) is 0 Å². The van der Waals surface area contributed by atoms with Crippen molar-refractivity contribution in [1.29, 1.82) is 0 Å². The first-order chi connectivity index (χ1) is 13.5. The summed E-state index contributed by atoms with van der Waals surface area (Å²) in [7, 11) is 0. The number of allylic oxidation sites excluding steroid dienone is 1. The molecule has 0 aromatic heterocycles. The molecular weight excluding hydrogens is 352 g/mol. The zero-order valence-electron chi connectivity index (χ0n) is 18.1. The van der Waals surface area contributed by atoms with Crippen LogP contribution in [-0.2, 0) is 9.59 Å². The summed E-state index contributed by atoms with van der Waals surface area (Å²) >= 11 is 0. The summed E-state index contributed by atoms with van der Waals surface area (Å²) in [6.07, 6.45) is 13.1. The maximum absolute atomic E-state index is 13.6. The van der Waals surface area contributed by atoms with Gasteiger partial charge in [-0.1, -0.05) is 59.0 Å². The molecule has 0 aromatic carbocycles. The number of carbonyl (C=O) groups is 3. The lowest BCUT2D eigenvalue weighted by Gasteiger charge is -2.45. The van der Waals surface area contributed by atoms with Crippen molar-refractivity contribution in [3.8, 4) is 0 Å². The van der Waals surface area contributed by atoms with Gasteiger partial charge in [-0.05, 0) is 50.5 Å². The van der Waals surface area contributed by atoms with E-state index in [2.05, 4.69) is 19.9 Å². The molecule has 0 unspecified atom stereocenters. The van der Waals surface area contributed by atoms with Gasteiger partial charge >= 0.3 is 6.03 Å². The van der Waals surface area contributed by atoms with Gasteiger partial charge in [0.2, 0.25) is 11.8 Å². The molecular formula is C23H38N2O3. The summed E-state index contributed by atoms with van der Waals surface area (Å²) in [5.74, 6) is -0.554. The third kappa shape index (κ3) is 4.49. The number of amides is 4. The second kappa shape index (κ2) is 10.8. The van der Waals surface area contributed by atoms with Crippen molar-refractivity contribution in [2.45, 2.75) is 97.8 Å². The monoisotopic (exact) mass is 390 g/mol. The Morgan fingerprint density at radius 1 is 0.821 bits per heavy atom. The van der Waals surface area contributed by atoms with E-state index in [1.807, 2.05) is 6.92 Å². The number of hydrogen-bond acceptors (Lipinski definition) is 3. The Morgan fingerprint density at radius 3 is 1.89 bits per heavy atom. The van der Waals surface area contributed by atoms with Gasteiger partial charge in [-0.3, -0.25) is 19.4 Å².